The number of furan rings is 1. The highest BCUT2D eigenvalue weighted by Gasteiger charge is 2.26. The van der Waals surface area contributed by atoms with Gasteiger partial charge < -0.3 is 9.73 Å². The molecule has 0 aliphatic rings. The molecule has 0 spiro atoms. The Morgan fingerprint density at radius 2 is 1.71 bits per heavy atom. The predicted octanol–water partition coefficient (Wildman–Crippen LogP) is 6.50. The number of fused-ring (bicyclic) bond motifs is 2. The van der Waals surface area contributed by atoms with Crippen LogP contribution in [-0.4, -0.2) is 44.6 Å². The molecule has 0 atom stereocenters. The number of pyridine rings is 2. The monoisotopic (exact) mass is 582 g/mol. The Hall–Kier alpha value is -4.54. The van der Waals surface area contributed by atoms with Gasteiger partial charge in [-0.1, -0.05) is 29.8 Å². The summed E-state index contributed by atoms with van der Waals surface area (Å²) in [5.74, 6) is 0.107. The molecule has 4 aromatic heterocycles. The van der Waals surface area contributed by atoms with Gasteiger partial charge in [-0.15, -0.1) is 11.3 Å². The van der Waals surface area contributed by atoms with Crippen LogP contribution in [0.4, 0.5) is 5.69 Å². The number of carbonyl (C=O) groups excluding carboxylic acids is 1. The summed E-state index contributed by atoms with van der Waals surface area (Å²) in [6, 6.07) is 17.2. The quantitative estimate of drug-likeness (QED) is 0.240. The van der Waals surface area contributed by atoms with Gasteiger partial charge in [0.05, 0.1) is 22.2 Å². The van der Waals surface area contributed by atoms with Crippen LogP contribution in [-0.2, 0) is 10.0 Å². The van der Waals surface area contributed by atoms with Crippen molar-refractivity contribution in [3.8, 4) is 32.9 Å². The summed E-state index contributed by atoms with van der Waals surface area (Å²) in [5.41, 5.74) is 5.19. The van der Waals surface area contributed by atoms with E-state index in [9.17, 15) is 13.2 Å². The third-order valence-corrected chi connectivity index (χ3v) is 9.39. The molecule has 10 heteroatoms. The first-order chi connectivity index (χ1) is 19.6. The number of aromatic nitrogens is 2. The number of carbonyl (C=O) groups is 1. The van der Waals surface area contributed by atoms with Gasteiger partial charge in [0.15, 0.2) is 0 Å². The summed E-state index contributed by atoms with van der Waals surface area (Å²) < 4.78 is 34.0. The molecule has 1 amide bonds. The molecule has 0 bridgehead atoms. The van der Waals surface area contributed by atoms with E-state index in [1.807, 2.05) is 55.6 Å². The third kappa shape index (κ3) is 4.85. The lowest BCUT2D eigenvalue weighted by Crippen LogP contribution is -2.25. The Balaban J connectivity index is 1.61. The minimum absolute atomic E-state index is 0.305. The van der Waals surface area contributed by atoms with E-state index in [4.69, 9.17) is 4.42 Å². The first-order valence-electron chi connectivity index (χ1n) is 12.8. The minimum Gasteiger partial charge on any atom is -0.455 e. The molecule has 8 nitrogen and oxygen atoms in total. The fourth-order valence-corrected chi connectivity index (χ4v) is 6.33. The zero-order chi connectivity index (χ0) is 28.9. The average molecular weight is 583 g/mol. The standard InChI is InChI=1S/C31H26N4O4S2/c1-18-5-7-19(8-6-18)30-29(31(36)32-2)24-13-23(25(14-26(24)39-30)35(3)41(4,37)38)21-11-22(16-34-15-21)27-12-20-9-10-33-17-28(20)40-27/h5-17H,1-4H3,(H,32,36). The summed E-state index contributed by atoms with van der Waals surface area (Å²) in [5, 5.41) is 4.38. The Labute approximate surface area is 241 Å². The van der Waals surface area contributed by atoms with Crippen LogP contribution in [0.2, 0.25) is 0 Å². The molecule has 41 heavy (non-hydrogen) atoms. The minimum atomic E-state index is -3.63. The number of nitrogens with one attached hydrogen (secondary N) is 1. The van der Waals surface area contributed by atoms with Gasteiger partial charge in [0.2, 0.25) is 10.0 Å². The van der Waals surface area contributed by atoms with Gasteiger partial charge in [-0.3, -0.25) is 19.1 Å². The largest absolute Gasteiger partial charge is 0.455 e. The van der Waals surface area contributed by atoms with Gasteiger partial charge in [0, 0.05) is 77.5 Å². The van der Waals surface area contributed by atoms with Gasteiger partial charge in [-0.05, 0) is 36.6 Å². The topological polar surface area (TPSA) is 105 Å². The average Bonchev–Trinajstić information content (AvgIpc) is 3.57. The van der Waals surface area contributed by atoms with Crippen LogP contribution in [0.15, 0.2) is 83.8 Å². The number of hydrogen-bond donors (Lipinski definition) is 1. The molecule has 0 radical (unpaired) electrons. The van der Waals surface area contributed by atoms with Crippen LogP contribution in [0.25, 0.3) is 53.9 Å². The molecule has 0 aliphatic carbocycles. The van der Waals surface area contributed by atoms with Gasteiger partial charge in [-0.25, -0.2) is 8.42 Å². The van der Waals surface area contributed by atoms with Gasteiger partial charge in [0.1, 0.15) is 11.3 Å². The molecule has 0 saturated heterocycles. The number of sulfonamides is 1. The van der Waals surface area contributed by atoms with Crippen molar-refractivity contribution < 1.29 is 17.6 Å². The van der Waals surface area contributed by atoms with Crippen molar-refractivity contribution in [2.75, 3.05) is 24.7 Å². The Bertz CT molecular complexity index is 2030. The number of benzene rings is 2. The van der Waals surface area contributed by atoms with Gasteiger partial charge in [-0.2, -0.15) is 0 Å². The molecular formula is C31H26N4O4S2. The summed E-state index contributed by atoms with van der Waals surface area (Å²) in [6.45, 7) is 1.99. The second kappa shape index (κ2) is 10.1. The first kappa shape index (κ1) is 26.7. The summed E-state index contributed by atoms with van der Waals surface area (Å²) in [7, 11) is -0.559. The third-order valence-electron chi connectivity index (χ3n) is 7.07. The lowest BCUT2D eigenvalue weighted by Gasteiger charge is -2.20. The maximum absolute atomic E-state index is 13.2. The number of aryl methyl sites for hydroxylation is 1. The normalized spacial score (nSPS) is 11.7. The maximum atomic E-state index is 13.2. The van der Waals surface area contributed by atoms with Crippen molar-refractivity contribution in [2.45, 2.75) is 6.92 Å². The number of anilines is 1. The van der Waals surface area contributed by atoms with Crippen LogP contribution in [0, 0.1) is 6.92 Å². The van der Waals surface area contributed by atoms with E-state index in [-0.39, 0.29) is 5.91 Å². The highest BCUT2D eigenvalue weighted by atomic mass is 32.2. The van der Waals surface area contributed by atoms with Gasteiger partial charge >= 0.3 is 0 Å². The highest BCUT2D eigenvalue weighted by molar-refractivity contribution is 7.92. The second-order valence-electron chi connectivity index (χ2n) is 9.83. The molecule has 2 aromatic carbocycles. The van der Waals surface area contributed by atoms with Gasteiger partial charge in [0.25, 0.3) is 5.91 Å². The first-order valence-corrected chi connectivity index (χ1v) is 15.4. The molecule has 1 N–H and O–H groups in total. The van der Waals surface area contributed by atoms with Crippen LogP contribution in [0.5, 0.6) is 0 Å². The van der Waals surface area contributed by atoms with Crippen LogP contribution >= 0.6 is 11.3 Å². The molecule has 206 valence electrons. The molecular weight excluding hydrogens is 556 g/mol. The van der Waals surface area contributed by atoms with E-state index in [0.29, 0.717) is 39.1 Å². The van der Waals surface area contributed by atoms with Crippen molar-refractivity contribution in [1.29, 1.82) is 0 Å². The Kier molecular flexibility index (Phi) is 6.59. The summed E-state index contributed by atoms with van der Waals surface area (Å²) in [6.07, 6.45) is 8.22. The zero-order valence-electron chi connectivity index (χ0n) is 22.8. The molecule has 6 aromatic rings. The molecule has 0 fully saturated rings. The number of amides is 1. The number of rotatable bonds is 6. The Morgan fingerprint density at radius 1 is 0.951 bits per heavy atom. The van der Waals surface area contributed by atoms with Crippen LogP contribution in [0.1, 0.15) is 15.9 Å². The van der Waals surface area contributed by atoms with Crippen molar-refractivity contribution in [1.82, 2.24) is 15.3 Å². The zero-order valence-corrected chi connectivity index (χ0v) is 24.4. The molecule has 6 rings (SSSR count). The van der Waals surface area contributed by atoms with E-state index in [1.54, 1.807) is 43.0 Å². The van der Waals surface area contributed by atoms with Crippen molar-refractivity contribution >= 4 is 54.0 Å². The second-order valence-corrected chi connectivity index (χ2v) is 12.9. The van der Waals surface area contributed by atoms with Crippen molar-refractivity contribution in [3.05, 3.63) is 90.5 Å². The SMILES string of the molecule is CNC(=O)c1c(-c2ccc(C)cc2)oc2cc(N(C)S(C)(=O)=O)c(-c3cncc(-c4cc5ccncc5s4)c3)cc12. The van der Waals surface area contributed by atoms with E-state index in [2.05, 4.69) is 21.4 Å². The van der Waals surface area contributed by atoms with Crippen molar-refractivity contribution in [2.24, 2.45) is 0 Å². The smallest absolute Gasteiger partial charge is 0.255 e. The summed E-state index contributed by atoms with van der Waals surface area (Å²) >= 11 is 1.61. The molecule has 4 heterocycles. The number of nitrogens with zero attached hydrogens (tertiary/aromatic N) is 3. The summed E-state index contributed by atoms with van der Waals surface area (Å²) in [4.78, 5) is 22.9. The number of hydrogen-bond acceptors (Lipinski definition) is 7. The van der Waals surface area contributed by atoms with E-state index in [1.165, 1.54) is 11.4 Å². The maximum Gasteiger partial charge on any atom is 0.255 e. The van der Waals surface area contributed by atoms with E-state index < -0.39 is 10.0 Å². The predicted molar refractivity (Wildman–Crippen MR) is 165 cm³/mol. The highest BCUT2D eigenvalue weighted by Crippen LogP contribution is 2.42. The van der Waals surface area contributed by atoms with E-state index >= 15 is 0 Å². The van der Waals surface area contributed by atoms with Crippen LogP contribution < -0.4 is 9.62 Å². The lowest BCUT2D eigenvalue weighted by molar-refractivity contribution is 0.0964. The molecule has 0 unspecified atom stereocenters. The molecule has 0 saturated carbocycles. The lowest BCUT2D eigenvalue weighted by atomic mass is 9.98. The van der Waals surface area contributed by atoms with E-state index in [0.717, 1.165) is 37.9 Å². The fourth-order valence-electron chi connectivity index (χ4n) is 4.81. The fraction of sp³-hybridized carbons (Fsp3) is 0.129. The van der Waals surface area contributed by atoms with Crippen molar-refractivity contribution in [3.63, 3.8) is 0 Å². The number of thiophene rings is 1. The Morgan fingerprint density at radius 3 is 2.41 bits per heavy atom. The molecule has 0 aliphatic heterocycles. The van der Waals surface area contributed by atoms with Crippen LogP contribution in [0.3, 0.4) is 0 Å².